The molecule has 0 spiro atoms. The van der Waals surface area contributed by atoms with Crippen LogP contribution in [0.5, 0.6) is 5.75 Å². The first-order valence-electron chi connectivity index (χ1n) is 11.2. The average molecular weight is 421 g/mol. The Hall–Kier alpha value is -3.59. The lowest BCUT2D eigenvalue weighted by Gasteiger charge is -2.16. The number of aryl methyl sites for hydroxylation is 1. The highest BCUT2D eigenvalue weighted by Gasteiger charge is 2.15. The molecule has 0 amide bonds. The molecule has 5 rings (SSSR count). The number of ether oxygens (including phenoxy) is 1. The van der Waals surface area contributed by atoms with Crippen molar-refractivity contribution in [3.8, 4) is 5.75 Å². The third-order valence-electron chi connectivity index (χ3n) is 6.09. The molecule has 0 atom stereocenters. The predicted octanol–water partition coefficient (Wildman–Crippen LogP) is 7.25. The van der Waals surface area contributed by atoms with E-state index in [0.29, 0.717) is 12.5 Å². The molecule has 0 bridgehead atoms. The molecule has 5 aromatic rings. The van der Waals surface area contributed by atoms with E-state index in [1.807, 2.05) is 6.07 Å². The van der Waals surface area contributed by atoms with Crippen molar-refractivity contribution in [3.05, 3.63) is 107 Å². The molecule has 0 radical (unpaired) electrons. The van der Waals surface area contributed by atoms with E-state index in [2.05, 4.69) is 104 Å². The summed E-state index contributed by atoms with van der Waals surface area (Å²) in [6, 6.07) is 29.9. The molecule has 1 aromatic heterocycles. The van der Waals surface area contributed by atoms with Gasteiger partial charge in [-0.2, -0.15) is 0 Å². The van der Waals surface area contributed by atoms with Gasteiger partial charge in [0.2, 0.25) is 0 Å². The first-order valence-corrected chi connectivity index (χ1v) is 11.2. The lowest BCUT2D eigenvalue weighted by atomic mass is 10.0. The Balaban J connectivity index is 1.54. The molecule has 0 aliphatic heterocycles. The highest BCUT2D eigenvalue weighted by atomic mass is 16.5. The van der Waals surface area contributed by atoms with E-state index >= 15 is 0 Å². The van der Waals surface area contributed by atoms with Crippen molar-refractivity contribution < 1.29 is 4.74 Å². The van der Waals surface area contributed by atoms with Gasteiger partial charge in [-0.05, 0) is 58.5 Å². The number of fused-ring (bicyclic) bond motifs is 2. The number of rotatable bonds is 6. The van der Waals surface area contributed by atoms with Crippen LogP contribution in [0.3, 0.4) is 0 Å². The van der Waals surface area contributed by atoms with Crippen molar-refractivity contribution >= 4 is 21.8 Å². The van der Waals surface area contributed by atoms with Gasteiger partial charge in [-0.25, -0.2) is 4.98 Å². The predicted molar refractivity (Wildman–Crippen MR) is 132 cm³/mol. The number of benzene rings is 4. The third kappa shape index (κ3) is 3.87. The zero-order valence-electron chi connectivity index (χ0n) is 18.9. The van der Waals surface area contributed by atoms with E-state index in [9.17, 15) is 0 Å². The van der Waals surface area contributed by atoms with Gasteiger partial charge in [0.05, 0.1) is 17.6 Å². The fourth-order valence-electron chi connectivity index (χ4n) is 4.40. The van der Waals surface area contributed by atoms with Crippen molar-refractivity contribution in [2.24, 2.45) is 0 Å². The number of hydrogen-bond donors (Lipinski definition) is 0. The summed E-state index contributed by atoms with van der Waals surface area (Å²) in [6.07, 6.45) is 0. The van der Waals surface area contributed by atoms with Gasteiger partial charge in [0, 0.05) is 0 Å². The Bertz CT molecular complexity index is 1390. The van der Waals surface area contributed by atoms with Gasteiger partial charge in [-0.15, -0.1) is 0 Å². The second-order valence-corrected chi connectivity index (χ2v) is 8.73. The van der Waals surface area contributed by atoms with Gasteiger partial charge in [0.25, 0.3) is 0 Å². The highest BCUT2D eigenvalue weighted by Crippen LogP contribution is 2.29. The molecule has 4 aromatic carbocycles. The van der Waals surface area contributed by atoms with Crippen LogP contribution < -0.4 is 4.74 Å². The summed E-state index contributed by atoms with van der Waals surface area (Å²) in [7, 11) is 0. The van der Waals surface area contributed by atoms with E-state index in [-0.39, 0.29) is 0 Å². The summed E-state index contributed by atoms with van der Waals surface area (Å²) in [5, 5.41) is 2.54. The highest BCUT2D eigenvalue weighted by molar-refractivity contribution is 5.86. The molecule has 0 saturated carbocycles. The van der Waals surface area contributed by atoms with Crippen molar-refractivity contribution in [3.63, 3.8) is 0 Å². The normalized spacial score (nSPS) is 11.5. The van der Waals surface area contributed by atoms with Gasteiger partial charge in [0.15, 0.2) is 0 Å². The lowest BCUT2D eigenvalue weighted by molar-refractivity contribution is 0.287. The smallest absolute Gasteiger partial charge is 0.148 e. The molecular weight excluding hydrogens is 392 g/mol. The molecule has 0 saturated heterocycles. The van der Waals surface area contributed by atoms with Crippen LogP contribution in [-0.4, -0.2) is 9.55 Å². The first-order chi connectivity index (χ1) is 15.6. The molecule has 3 heteroatoms. The molecule has 3 nitrogen and oxygen atoms in total. The molecule has 0 fully saturated rings. The lowest BCUT2D eigenvalue weighted by Crippen LogP contribution is -2.09. The van der Waals surface area contributed by atoms with Crippen LogP contribution >= 0.6 is 0 Å². The van der Waals surface area contributed by atoms with Gasteiger partial charge in [-0.3, -0.25) is 0 Å². The topological polar surface area (TPSA) is 27.1 Å². The van der Waals surface area contributed by atoms with E-state index in [1.165, 1.54) is 27.5 Å². The summed E-state index contributed by atoms with van der Waals surface area (Å²) in [5.41, 5.74) is 5.85. The molecule has 32 heavy (non-hydrogen) atoms. The zero-order chi connectivity index (χ0) is 22.1. The quantitative estimate of drug-likeness (QED) is 0.289. The number of hydrogen-bond acceptors (Lipinski definition) is 2. The Morgan fingerprint density at radius 3 is 2.53 bits per heavy atom. The second kappa shape index (κ2) is 8.51. The van der Waals surface area contributed by atoms with Crippen LogP contribution in [0.25, 0.3) is 21.8 Å². The number of imidazole rings is 1. The standard InChI is InChI=1S/C29H28N2O/c1-20(2)24-16-15-21(3)17-28(24)32-19-29-30-26-13-6-7-14-27(26)31(29)18-23-11-8-10-22-9-4-5-12-25(22)23/h4-17,20H,18-19H2,1-3H3. The number of para-hydroxylation sites is 2. The van der Waals surface area contributed by atoms with E-state index in [4.69, 9.17) is 9.72 Å². The van der Waals surface area contributed by atoms with Crippen LogP contribution in [0, 0.1) is 6.92 Å². The average Bonchev–Trinajstić information content (AvgIpc) is 3.15. The maximum absolute atomic E-state index is 6.38. The van der Waals surface area contributed by atoms with E-state index in [1.54, 1.807) is 0 Å². The minimum atomic E-state index is 0.403. The fourth-order valence-corrected chi connectivity index (χ4v) is 4.40. The molecule has 0 aliphatic rings. The van der Waals surface area contributed by atoms with E-state index in [0.717, 1.165) is 29.2 Å². The van der Waals surface area contributed by atoms with Crippen LogP contribution in [0.2, 0.25) is 0 Å². The number of aromatic nitrogens is 2. The summed E-state index contributed by atoms with van der Waals surface area (Å²) < 4.78 is 8.67. The van der Waals surface area contributed by atoms with Crippen LogP contribution in [0.4, 0.5) is 0 Å². The molecule has 1 heterocycles. The zero-order valence-corrected chi connectivity index (χ0v) is 18.9. The molecule has 160 valence electrons. The summed E-state index contributed by atoms with van der Waals surface area (Å²) in [4.78, 5) is 4.94. The molecular formula is C29H28N2O. The van der Waals surface area contributed by atoms with Gasteiger partial charge in [0.1, 0.15) is 18.2 Å². The summed E-state index contributed by atoms with van der Waals surface area (Å²) >= 11 is 0. The SMILES string of the molecule is Cc1ccc(C(C)C)c(OCc2nc3ccccc3n2Cc2cccc3ccccc23)c1. The maximum Gasteiger partial charge on any atom is 0.148 e. The van der Waals surface area contributed by atoms with Crippen LogP contribution in [0.15, 0.2) is 84.9 Å². The summed E-state index contributed by atoms with van der Waals surface area (Å²) in [5.74, 6) is 2.29. The van der Waals surface area contributed by atoms with Crippen LogP contribution in [0.1, 0.15) is 42.3 Å². The largest absolute Gasteiger partial charge is 0.485 e. The Morgan fingerprint density at radius 2 is 1.66 bits per heavy atom. The van der Waals surface area contributed by atoms with Crippen molar-refractivity contribution in [1.29, 1.82) is 0 Å². The minimum Gasteiger partial charge on any atom is -0.485 e. The third-order valence-corrected chi connectivity index (χ3v) is 6.09. The molecule has 0 unspecified atom stereocenters. The van der Waals surface area contributed by atoms with Crippen molar-refractivity contribution in [2.75, 3.05) is 0 Å². The number of nitrogens with zero attached hydrogens (tertiary/aromatic N) is 2. The van der Waals surface area contributed by atoms with Gasteiger partial charge < -0.3 is 9.30 Å². The van der Waals surface area contributed by atoms with Crippen LogP contribution in [-0.2, 0) is 13.2 Å². The minimum absolute atomic E-state index is 0.403. The van der Waals surface area contributed by atoms with Gasteiger partial charge in [-0.1, -0.05) is 80.6 Å². The second-order valence-electron chi connectivity index (χ2n) is 8.73. The monoisotopic (exact) mass is 420 g/mol. The molecule has 0 N–H and O–H groups in total. The first kappa shape index (κ1) is 20.3. The van der Waals surface area contributed by atoms with Crippen molar-refractivity contribution in [1.82, 2.24) is 9.55 Å². The van der Waals surface area contributed by atoms with E-state index < -0.39 is 0 Å². The summed E-state index contributed by atoms with van der Waals surface area (Å²) in [6.45, 7) is 7.70. The Morgan fingerprint density at radius 1 is 0.875 bits per heavy atom. The fraction of sp³-hybridized carbons (Fsp3) is 0.207. The Kier molecular flexibility index (Phi) is 5.40. The molecule has 0 aliphatic carbocycles. The van der Waals surface area contributed by atoms with Crippen molar-refractivity contribution in [2.45, 2.75) is 39.8 Å². The maximum atomic E-state index is 6.38. The Labute approximate surface area is 189 Å². The van der Waals surface area contributed by atoms with Gasteiger partial charge >= 0.3 is 0 Å².